The van der Waals surface area contributed by atoms with Gasteiger partial charge in [-0.2, -0.15) is 5.10 Å². The van der Waals surface area contributed by atoms with Gasteiger partial charge >= 0.3 is 0 Å². The fraction of sp³-hybridized carbons (Fsp3) is 0.211. The molecule has 0 atom stereocenters. The Balaban J connectivity index is 1.87. The van der Waals surface area contributed by atoms with Gasteiger partial charge in [-0.3, -0.25) is 0 Å². The molecule has 0 saturated carbocycles. The Labute approximate surface area is 142 Å². The first-order valence-electron chi connectivity index (χ1n) is 7.57. The molecule has 0 radical (unpaired) electrons. The number of nitrogens with one attached hydrogen (secondary N) is 1. The zero-order valence-corrected chi connectivity index (χ0v) is 14.0. The Kier molecular flexibility index (Phi) is 6.71. The summed E-state index contributed by atoms with van der Waals surface area (Å²) in [5, 5.41) is 4.22. The van der Waals surface area contributed by atoms with E-state index in [1.807, 2.05) is 42.5 Å². The zero-order chi connectivity index (χ0) is 17.2. The largest absolute Gasteiger partial charge is 0.493 e. The third-order valence-corrected chi connectivity index (χ3v) is 3.28. The molecule has 24 heavy (non-hydrogen) atoms. The lowest BCUT2D eigenvalue weighted by molar-refractivity contribution is 0.354. The van der Waals surface area contributed by atoms with Crippen molar-refractivity contribution in [1.29, 1.82) is 0 Å². The van der Waals surface area contributed by atoms with E-state index >= 15 is 0 Å². The Morgan fingerprint density at radius 2 is 1.79 bits per heavy atom. The van der Waals surface area contributed by atoms with Crippen molar-refractivity contribution in [3.05, 3.63) is 66.2 Å². The molecule has 0 saturated heterocycles. The second-order valence-electron chi connectivity index (χ2n) is 4.95. The van der Waals surface area contributed by atoms with Crippen molar-refractivity contribution in [2.45, 2.75) is 6.54 Å². The minimum Gasteiger partial charge on any atom is -0.493 e. The van der Waals surface area contributed by atoms with E-state index in [0.29, 0.717) is 24.7 Å². The maximum absolute atomic E-state index is 5.43. The van der Waals surface area contributed by atoms with E-state index in [9.17, 15) is 0 Å². The third kappa shape index (κ3) is 5.05. The van der Waals surface area contributed by atoms with Gasteiger partial charge in [0.2, 0.25) is 0 Å². The van der Waals surface area contributed by atoms with Gasteiger partial charge in [0, 0.05) is 0 Å². The van der Waals surface area contributed by atoms with Crippen LogP contribution in [-0.4, -0.2) is 27.0 Å². The summed E-state index contributed by atoms with van der Waals surface area (Å²) in [6, 6.07) is 13.5. The zero-order valence-electron chi connectivity index (χ0n) is 14.0. The highest BCUT2D eigenvalue weighted by Gasteiger charge is 2.03. The number of nitrogens with zero attached hydrogens (tertiary/aromatic N) is 1. The molecule has 0 aliphatic heterocycles. The topological polar surface area (TPSA) is 52.1 Å². The fourth-order valence-electron chi connectivity index (χ4n) is 2.05. The number of ether oxygens (including phenoxy) is 3. The summed E-state index contributed by atoms with van der Waals surface area (Å²) in [6.07, 6.45) is 3.48. The van der Waals surface area contributed by atoms with Crippen LogP contribution in [0.3, 0.4) is 0 Å². The Morgan fingerprint density at radius 3 is 2.46 bits per heavy atom. The highest BCUT2D eigenvalue weighted by Crippen LogP contribution is 2.27. The summed E-state index contributed by atoms with van der Waals surface area (Å²) in [5.74, 6) is 2.23. The molecule has 0 bridgehead atoms. The molecule has 5 heteroatoms. The molecule has 2 aromatic carbocycles. The third-order valence-electron chi connectivity index (χ3n) is 3.28. The van der Waals surface area contributed by atoms with Gasteiger partial charge in [0.05, 0.1) is 27.0 Å². The summed E-state index contributed by atoms with van der Waals surface area (Å²) in [5.41, 5.74) is 5.06. The average Bonchev–Trinajstić information content (AvgIpc) is 2.64. The van der Waals surface area contributed by atoms with Crippen molar-refractivity contribution in [2.75, 3.05) is 20.8 Å². The Morgan fingerprint density at radius 1 is 1.04 bits per heavy atom. The quantitative estimate of drug-likeness (QED) is 0.436. The SMILES string of the molecule is C=CCOc1ccc(/C=N/NCc2ccc(OC)c(OC)c2)cc1. The smallest absolute Gasteiger partial charge is 0.161 e. The van der Waals surface area contributed by atoms with Crippen LogP contribution in [-0.2, 0) is 6.54 Å². The van der Waals surface area contributed by atoms with Crippen LogP contribution < -0.4 is 19.6 Å². The fourth-order valence-corrected chi connectivity index (χ4v) is 2.05. The van der Waals surface area contributed by atoms with Crippen LogP contribution in [0.1, 0.15) is 11.1 Å². The first-order valence-corrected chi connectivity index (χ1v) is 7.57. The van der Waals surface area contributed by atoms with Gasteiger partial charge in [-0.05, 0) is 47.5 Å². The van der Waals surface area contributed by atoms with Gasteiger partial charge in [-0.25, -0.2) is 0 Å². The Bertz CT molecular complexity index is 682. The van der Waals surface area contributed by atoms with Gasteiger partial charge in [-0.15, -0.1) is 0 Å². The van der Waals surface area contributed by atoms with Crippen LogP contribution in [0.15, 0.2) is 60.2 Å². The molecule has 1 N–H and O–H groups in total. The van der Waals surface area contributed by atoms with Crippen molar-refractivity contribution in [3.8, 4) is 17.2 Å². The molecule has 0 aliphatic carbocycles. The van der Waals surface area contributed by atoms with Crippen LogP contribution >= 0.6 is 0 Å². The van der Waals surface area contributed by atoms with Crippen molar-refractivity contribution in [1.82, 2.24) is 5.43 Å². The van der Waals surface area contributed by atoms with Crippen LogP contribution in [0, 0.1) is 0 Å². The second kappa shape index (κ2) is 9.25. The lowest BCUT2D eigenvalue weighted by Gasteiger charge is -2.09. The number of hydrazone groups is 1. The highest BCUT2D eigenvalue weighted by molar-refractivity contribution is 5.79. The average molecular weight is 326 g/mol. The van der Waals surface area contributed by atoms with E-state index in [1.54, 1.807) is 26.5 Å². The molecule has 0 heterocycles. The predicted molar refractivity (Wildman–Crippen MR) is 96.1 cm³/mol. The molecule has 0 fully saturated rings. The maximum atomic E-state index is 5.43. The molecular formula is C19H22N2O3. The van der Waals surface area contributed by atoms with Crippen LogP contribution in [0.2, 0.25) is 0 Å². The Hall–Kier alpha value is -2.95. The predicted octanol–water partition coefficient (Wildman–Crippen LogP) is 3.39. The number of benzene rings is 2. The van der Waals surface area contributed by atoms with Gasteiger partial charge in [0.1, 0.15) is 12.4 Å². The van der Waals surface area contributed by atoms with Crippen molar-refractivity contribution >= 4 is 6.21 Å². The first-order chi connectivity index (χ1) is 11.8. The standard InChI is InChI=1S/C19H22N2O3/c1-4-11-24-17-8-5-15(6-9-17)13-20-21-14-16-7-10-18(22-2)19(12-16)23-3/h4-10,12-13,21H,1,11,14H2,2-3H3/b20-13+. The summed E-state index contributed by atoms with van der Waals surface area (Å²) in [6.45, 7) is 4.71. The van der Waals surface area contributed by atoms with Crippen molar-refractivity contribution in [3.63, 3.8) is 0 Å². The first kappa shape index (κ1) is 17.4. The summed E-state index contributed by atoms with van der Waals surface area (Å²) >= 11 is 0. The normalized spacial score (nSPS) is 10.4. The number of hydrogen-bond donors (Lipinski definition) is 1. The lowest BCUT2D eigenvalue weighted by atomic mass is 10.2. The molecule has 0 amide bonds. The molecule has 0 spiro atoms. The number of hydrogen-bond acceptors (Lipinski definition) is 5. The van der Waals surface area contributed by atoms with Crippen molar-refractivity contribution < 1.29 is 14.2 Å². The molecule has 5 nitrogen and oxygen atoms in total. The van der Waals surface area contributed by atoms with E-state index in [2.05, 4.69) is 17.1 Å². The van der Waals surface area contributed by atoms with E-state index in [-0.39, 0.29) is 0 Å². The highest BCUT2D eigenvalue weighted by atomic mass is 16.5. The monoisotopic (exact) mass is 326 g/mol. The summed E-state index contributed by atoms with van der Waals surface area (Å²) < 4.78 is 15.9. The molecule has 0 aliphatic rings. The van der Waals surface area contributed by atoms with Gasteiger partial charge in [-0.1, -0.05) is 18.7 Å². The van der Waals surface area contributed by atoms with Gasteiger partial charge in [0.25, 0.3) is 0 Å². The van der Waals surface area contributed by atoms with Gasteiger partial charge in [0.15, 0.2) is 11.5 Å². The van der Waals surface area contributed by atoms with Crippen LogP contribution in [0.4, 0.5) is 0 Å². The van der Waals surface area contributed by atoms with Gasteiger partial charge < -0.3 is 19.6 Å². The second-order valence-corrected chi connectivity index (χ2v) is 4.95. The number of methoxy groups -OCH3 is 2. The minimum atomic E-state index is 0.500. The summed E-state index contributed by atoms with van der Waals surface area (Å²) in [4.78, 5) is 0. The molecule has 2 rings (SSSR count). The van der Waals surface area contributed by atoms with Crippen LogP contribution in [0.25, 0.3) is 0 Å². The van der Waals surface area contributed by atoms with Crippen molar-refractivity contribution in [2.24, 2.45) is 5.10 Å². The van der Waals surface area contributed by atoms with E-state index < -0.39 is 0 Å². The molecule has 0 aromatic heterocycles. The van der Waals surface area contributed by atoms with Crippen LogP contribution in [0.5, 0.6) is 17.2 Å². The van der Waals surface area contributed by atoms with E-state index in [4.69, 9.17) is 14.2 Å². The lowest BCUT2D eigenvalue weighted by Crippen LogP contribution is -2.06. The molecule has 126 valence electrons. The summed E-state index contributed by atoms with van der Waals surface area (Å²) in [7, 11) is 3.24. The number of rotatable bonds is 9. The minimum absolute atomic E-state index is 0.500. The molecule has 2 aromatic rings. The molecular weight excluding hydrogens is 304 g/mol. The maximum Gasteiger partial charge on any atom is 0.161 e. The van der Waals surface area contributed by atoms with E-state index in [0.717, 1.165) is 16.9 Å². The molecule has 0 unspecified atom stereocenters. The van der Waals surface area contributed by atoms with E-state index in [1.165, 1.54) is 0 Å².